The van der Waals surface area contributed by atoms with Gasteiger partial charge in [0.05, 0.1) is 17.1 Å². The van der Waals surface area contributed by atoms with E-state index in [-0.39, 0.29) is 11.4 Å². The lowest BCUT2D eigenvalue weighted by Gasteiger charge is -2.40. The second-order valence-electron chi connectivity index (χ2n) is 9.24. The molecule has 4 heterocycles. The van der Waals surface area contributed by atoms with Crippen LogP contribution in [-0.2, 0) is 4.74 Å². The average molecular weight is 462 g/mol. The Balaban J connectivity index is 1.30. The molecule has 1 aliphatic rings. The number of hydrogen-bond donors (Lipinski definition) is 1. The van der Waals surface area contributed by atoms with Crippen molar-refractivity contribution in [3.05, 3.63) is 66.0 Å². The van der Waals surface area contributed by atoms with Crippen LogP contribution >= 0.6 is 0 Å². The highest BCUT2D eigenvalue weighted by Gasteiger charge is 2.30. The van der Waals surface area contributed by atoms with E-state index in [4.69, 9.17) is 4.74 Å². The maximum atomic E-state index is 14.5. The monoisotopic (exact) mass is 461 g/mol. The molecule has 176 valence electrons. The Bertz CT molecular complexity index is 1320. The van der Waals surface area contributed by atoms with Gasteiger partial charge < -0.3 is 19.1 Å². The number of hydrogen-bond acceptors (Lipinski definition) is 6. The number of halogens is 1. The van der Waals surface area contributed by atoms with Crippen molar-refractivity contribution in [1.29, 1.82) is 0 Å². The molecule has 7 nitrogen and oxygen atoms in total. The van der Waals surface area contributed by atoms with E-state index >= 15 is 0 Å². The standard InChI is InChI=1S/C26H28FN5O2/c1-16(15-34-3)10-31-12-20(13-31)23-6-7-24(30-29-23)21-5-4-18(9-25(21)33)19-8-22(27)26-28-17(2)11-32(26)14-19/h4-9,11,14,16,20,33H,10,12-13,15H2,1-3H3. The van der Waals surface area contributed by atoms with Gasteiger partial charge in [-0.3, -0.25) is 0 Å². The molecule has 4 aromatic rings. The van der Waals surface area contributed by atoms with Gasteiger partial charge in [0.25, 0.3) is 0 Å². The summed E-state index contributed by atoms with van der Waals surface area (Å²) in [6.45, 7) is 7.75. The second kappa shape index (κ2) is 9.12. The molecule has 1 aliphatic heterocycles. The largest absolute Gasteiger partial charge is 0.507 e. The predicted octanol–water partition coefficient (Wildman–Crippen LogP) is 4.29. The minimum absolute atomic E-state index is 0.0730. The Labute approximate surface area is 197 Å². The van der Waals surface area contributed by atoms with Crippen molar-refractivity contribution >= 4 is 5.65 Å². The molecule has 0 radical (unpaired) electrons. The number of phenolic OH excluding ortho intramolecular Hbond substituents is 1. The van der Waals surface area contributed by atoms with Crippen LogP contribution in [0.25, 0.3) is 28.0 Å². The molecule has 0 bridgehead atoms. The first-order valence-electron chi connectivity index (χ1n) is 11.4. The van der Waals surface area contributed by atoms with Gasteiger partial charge in [-0.15, -0.1) is 0 Å². The van der Waals surface area contributed by atoms with Gasteiger partial charge in [-0.2, -0.15) is 10.2 Å². The number of phenols is 1. The molecular formula is C26H28FN5O2. The lowest BCUT2D eigenvalue weighted by molar-refractivity contribution is 0.0863. The maximum Gasteiger partial charge on any atom is 0.173 e. The highest BCUT2D eigenvalue weighted by molar-refractivity contribution is 5.74. The Morgan fingerprint density at radius 2 is 1.94 bits per heavy atom. The van der Waals surface area contributed by atoms with E-state index in [9.17, 15) is 9.50 Å². The molecule has 0 amide bonds. The van der Waals surface area contributed by atoms with Crippen molar-refractivity contribution < 1.29 is 14.2 Å². The van der Waals surface area contributed by atoms with Crippen molar-refractivity contribution in [3.8, 4) is 28.1 Å². The Kier molecular flexibility index (Phi) is 6.02. The van der Waals surface area contributed by atoms with Crippen LogP contribution in [0.2, 0.25) is 0 Å². The predicted molar refractivity (Wildman–Crippen MR) is 128 cm³/mol. The van der Waals surface area contributed by atoms with E-state index in [0.29, 0.717) is 34.2 Å². The first kappa shape index (κ1) is 22.4. The lowest BCUT2D eigenvalue weighted by Crippen LogP contribution is -2.47. The van der Waals surface area contributed by atoms with Crippen molar-refractivity contribution in [2.75, 3.05) is 33.4 Å². The van der Waals surface area contributed by atoms with Crippen molar-refractivity contribution in [2.24, 2.45) is 5.92 Å². The number of rotatable bonds is 7. The fourth-order valence-corrected chi connectivity index (χ4v) is 4.65. The van der Waals surface area contributed by atoms with Gasteiger partial charge in [0, 0.05) is 62.8 Å². The van der Waals surface area contributed by atoms with Crippen molar-refractivity contribution in [1.82, 2.24) is 24.5 Å². The highest BCUT2D eigenvalue weighted by atomic mass is 19.1. The number of nitrogens with zero attached hydrogens (tertiary/aromatic N) is 5. The maximum absolute atomic E-state index is 14.5. The molecule has 1 aromatic carbocycles. The van der Waals surface area contributed by atoms with Crippen LogP contribution in [0.3, 0.4) is 0 Å². The molecule has 5 rings (SSSR count). The summed E-state index contributed by atoms with van der Waals surface area (Å²) >= 11 is 0. The number of likely N-dealkylation sites (tertiary alicyclic amines) is 1. The number of benzene rings is 1. The Morgan fingerprint density at radius 3 is 2.65 bits per heavy atom. The van der Waals surface area contributed by atoms with Crippen LogP contribution in [0.4, 0.5) is 4.39 Å². The lowest BCUT2D eigenvalue weighted by atomic mass is 9.94. The van der Waals surface area contributed by atoms with Crippen LogP contribution < -0.4 is 0 Å². The zero-order valence-electron chi connectivity index (χ0n) is 19.6. The number of pyridine rings is 1. The van der Waals surface area contributed by atoms with E-state index in [1.165, 1.54) is 6.07 Å². The fraction of sp³-hybridized carbons (Fsp3) is 0.346. The summed E-state index contributed by atoms with van der Waals surface area (Å²) in [5.74, 6) is 0.555. The summed E-state index contributed by atoms with van der Waals surface area (Å²) in [6, 6.07) is 10.6. The van der Waals surface area contributed by atoms with Gasteiger partial charge >= 0.3 is 0 Å². The molecule has 1 fully saturated rings. The van der Waals surface area contributed by atoms with Crippen molar-refractivity contribution in [3.63, 3.8) is 0 Å². The molecule has 34 heavy (non-hydrogen) atoms. The van der Waals surface area contributed by atoms with Gasteiger partial charge in [-0.05, 0) is 48.7 Å². The zero-order chi connectivity index (χ0) is 23.8. The summed E-state index contributed by atoms with van der Waals surface area (Å²) < 4.78 is 21.4. The van der Waals surface area contributed by atoms with Crippen molar-refractivity contribution in [2.45, 2.75) is 19.8 Å². The molecule has 1 atom stereocenters. The fourth-order valence-electron chi connectivity index (χ4n) is 4.65. The quantitative estimate of drug-likeness (QED) is 0.443. The summed E-state index contributed by atoms with van der Waals surface area (Å²) in [5, 5.41) is 19.5. The minimum Gasteiger partial charge on any atom is -0.507 e. The highest BCUT2D eigenvalue weighted by Crippen LogP contribution is 2.34. The topological polar surface area (TPSA) is 75.8 Å². The SMILES string of the molecule is COCC(C)CN1CC(c2ccc(-c3ccc(-c4cc(F)c5nc(C)cn5c4)cc3O)nn2)C1. The van der Waals surface area contributed by atoms with E-state index in [0.717, 1.165) is 37.6 Å². The molecule has 1 unspecified atom stereocenters. The average Bonchev–Trinajstić information content (AvgIpc) is 3.17. The molecule has 1 N–H and O–H groups in total. The number of methoxy groups -OCH3 is 1. The second-order valence-corrected chi connectivity index (χ2v) is 9.24. The molecule has 1 saturated heterocycles. The summed E-state index contributed by atoms with van der Waals surface area (Å²) in [4.78, 5) is 6.59. The third-order valence-corrected chi connectivity index (χ3v) is 6.32. The summed E-state index contributed by atoms with van der Waals surface area (Å²) in [7, 11) is 1.73. The minimum atomic E-state index is -0.404. The van der Waals surface area contributed by atoms with E-state index in [1.54, 1.807) is 36.0 Å². The number of aryl methyl sites for hydroxylation is 1. The van der Waals surface area contributed by atoms with E-state index in [2.05, 4.69) is 27.0 Å². The van der Waals surface area contributed by atoms with Gasteiger partial charge in [0.2, 0.25) is 0 Å². The van der Waals surface area contributed by atoms with Gasteiger partial charge in [-0.1, -0.05) is 13.0 Å². The number of ether oxygens (including phenoxy) is 1. The van der Waals surface area contributed by atoms with Crippen LogP contribution in [0.1, 0.15) is 24.2 Å². The van der Waals surface area contributed by atoms with Crippen LogP contribution in [-0.4, -0.2) is 62.9 Å². The number of aromatic hydroxyl groups is 1. The molecule has 0 spiro atoms. The number of aromatic nitrogens is 4. The van der Waals surface area contributed by atoms with Gasteiger partial charge in [-0.25, -0.2) is 9.37 Å². The molecule has 3 aromatic heterocycles. The first-order valence-corrected chi connectivity index (χ1v) is 11.4. The third kappa shape index (κ3) is 4.38. The van der Waals surface area contributed by atoms with Crippen LogP contribution in [0.15, 0.2) is 48.8 Å². The normalized spacial score (nSPS) is 15.5. The van der Waals surface area contributed by atoms with E-state index < -0.39 is 5.82 Å². The smallest absolute Gasteiger partial charge is 0.173 e. The van der Waals surface area contributed by atoms with E-state index in [1.807, 2.05) is 25.1 Å². The molecule has 0 aliphatic carbocycles. The number of fused-ring (bicyclic) bond motifs is 1. The molecule has 8 heteroatoms. The van der Waals surface area contributed by atoms with Crippen LogP contribution in [0, 0.1) is 18.7 Å². The molecular weight excluding hydrogens is 433 g/mol. The van der Waals surface area contributed by atoms with Crippen LogP contribution in [0.5, 0.6) is 5.75 Å². The van der Waals surface area contributed by atoms with Gasteiger partial charge in [0.15, 0.2) is 11.5 Å². The Morgan fingerprint density at radius 1 is 1.12 bits per heavy atom. The zero-order valence-corrected chi connectivity index (χ0v) is 19.6. The third-order valence-electron chi connectivity index (χ3n) is 6.32. The molecule has 0 saturated carbocycles. The number of imidazole rings is 1. The summed E-state index contributed by atoms with van der Waals surface area (Å²) in [5.41, 5.74) is 4.55. The Hall–Kier alpha value is -3.36. The first-order chi connectivity index (χ1) is 16.4. The van der Waals surface area contributed by atoms with Gasteiger partial charge in [0.1, 0.15) is 5.75 Å². The summed E-state index contributed by atoms with van der Waals surface area (Å²) in [6.07, 6.45) is 3.58.